The van der Waals surface area contributed by atoms with Gasteiger partial charge in [0.2, 0.25) is 11.8 Å². The van der Waals surface area contributed by atoms with Gasteiger partial charge in [-0.15, -0.1) is 0 Å². The fourth-order valence-corrected chi connectivity index (χ4v) is 3.34. The summed E-state index contributed by atoms with van der Waals surface area (Å²) in [6, 6.07) is 15.4. The predicted molar refractivity (Wildman–Crippen MR) is 100 cm³/mol. The minimum absolute atomic E-state index is 0.0199. The van der Waals surface area contributed by atoms with Gasteiger partial charge in [-0.05, 0) is 48.2 Å². The van der Waals surface area contributed by atoms with Gasteiger partial charge in [-0.2, -0.15) is 0 Å². The van der Waals surface area contributed by atoms with Gasteiger partial charge in [-0.25, -0.2) is 0 Å². The maximum Gasteiger partial charge on any atom is 0.227 e. The van der Waals surface area contributed by atoms with Crippen LogP contribution in [0.1, 0.15) is 19.8 Å². The van der Waals surface area contributed by atoms with Crippen molar-refractivity contribution >= 4 is 29.1 Å². The fraction of sp³-hybridized carbons (Fsp3) is 0.300. The smallest absolute Gasteiger partial charge is 0.227 e. The van der Waals surface area contributed by atoms with E-state index in [1.165, 1.54) is 0 Å². The van der Waals surface area contributed by atoms with E-state index in [1.54, 1.807) is 11.8 Å². The topological polar surface area (TPSA) is 49.4 Å². The largest absolute Gasteiger partial charge is 0.343 e. The number of rotatable bonds is 3. The normalized spacial score (nSPS) is 15.0. The molecule has 1 N–H and O–H groups in total. The molecule has 0 bridgehead atoms. The third kappa shape index (κ3) is 4.40. The first-order valence-corrected chi connectivity index (χ1v) is 8.83. The first-order chi connectivity index (χ1) is 12.0. The number of benzene rings is 2. The summed E-state index contributed by atoms with van der Waals surface area (Å²) in [5, 5.41) is 3.69. The van der Waals surface area contributed by atoms with E-state index in [-0.39, 0.29) is 17.7 Å². The highest BCUT2D eigenvalue weighted by Crippen LogP contribution is 2.26. The Morgan fingerprint density at radius 3 is 2.32 bits per heavy atom. The van der Waals surface area contributed by atoms with Crippen molar-refractivity contribution in [3.05, 3.63) is 53.6 Å². The van der Waals surface area contributed by atoms with E-state index in [9.17, 15) is 9.59 Å². The monoisotopic (exact) mass is 356 g/mol. The summed E-state index contributed by atoms with van der Waals surface area (Å²) < 4.78 is 0. The summed E-state index contributed by atoms with van der Waals surface area (Å²) in [7, 11) is 0. The minimum atomic E-state index is -0.0505. The lowest BCUT2D eigenvalue weighted by Crippen LogP contribution is -2.40. The highest BCUT2D eigenvalue weighted by atomic mass is 35.5. The lowest BCUT2D eigenvalue weighted by molar-refractivity contribution is -0.132. The predicted octanol–water partition coefficient (Wildman–Crippen LogP) is 4.20. The van der Waals surface area contributed by atoms with Crippen LogP contribution in [0.5, 0.6) is 0 Å². The molecule has 5 heteroatoms. The number of amides is 2. The molecule has 0 saturated carbocycles. The highest BCUT2D eigenvalue weighted by molar-refractivity contribution is 6.30. The molecule has 130 valence electrons. The molecule has 0 radical (unpaired) electrons. The number of nitrogens with one attached hydrogen (secondary N) is 1. The van der Waals surface area contributed by atoms with E-state index in [4.69, 9.17) is 11.6 Å². The second-order valence-corrected chi connectivity index (χ2v) is 6.80. The van der Waals surface area contributed by atoms with Crippen LogP contribution in [-0.2, 0) is 9.59 Å². The van der Waals surface area contributed by atoms with Crippen molar-refractivity contribution in [1.29, 1.82) is 0 Å². The van der Waals surface area contributed by atoms with E-state index in [2.05, 4.69) is 5.32 Å². The molecule has 2 amide bonds. The zero-order valence-corrected chi connectivity index (χ0v) is 14.9. The third-order valence-corrected chi connectivity index (χ3v) is 4.83. The van der Waals surface area contributed by atoms with Crippen molar-refractivity contribution in [2.75, 3.05) is 18.4 Å². The van der Waals surface area contributed by atoms with Gasteiger partial charge in [0.1, 0.15) is 0 Å². The van der Waals surface area contributed by atoms with Crippen molar-refractivity contribution in [1.82, 2.24) is 4.90 Å². The lowest BCUT2D eigenvalue weighted by atomic mass is 9.95. The van der Waals surface area contributed by atoms with Crippen molar-refractivity contribution < 1.29 is 9.59 Å². The summed E-state index contributed by atoms with van der Waals surface area (Å²) in [6.45, 7) is 2.87. The number of hydrogen-bond acceptors (Lipinski definition) is 2. The summed E-state index contributed by atoms with van der Waals surface area (Å²) in [5.74, 6) is 0.0463. The molecule has 4 nitrogen and oxygen atoms in total. The molecule has 1 aliphatic heterocycles. The van der Waals surface area contributed by atoms with Crippen molar-refractivity contribution in [3.8, 4) is 11.1 Å². The van der Waals surface area contributed by atoms with Crippen LogP contribution in [0.2, 0.25) is 5.02 Å². The van der Waals surface area contributed by atoms with Gasteiger partial charge in [-0.3, -0.25) is 9.59 Å². The number of anilines is 1. The molecular formula is C20H21ClN2O2. The Morgan fingerprint density at radius 1 is 1.04 bits per heavy atom. The zero-order valence-electron chi connectivity index (χ0n) is 14.2. The Bertz CT molecular complexity index is 783. The molecular weight excluding hydrogens is 336 g/mol. The minimum Gasteiger partial charge on any atom is -0.343 e. The van der Waals surface area contributed by atoms with Crippen LogP contribution < -0.4 is 5.32 Å². The Morgan fingerprint density at radius 2 is 1.68 bits per heavy atom. The highest BCUT2D eigenvalue weighted by Gasteiger charge is 2.26. The first-order valence-electron chi connectivity index (χ1n) is 8.45. The average Bonchev–Trinajstić information content (AvgIpc) is 2.62. The summed E-state index contributed by atoms with van der Waals surface area (Å²) in [4.78, 5) is 25.7. The molecule has 1 saturated heterocycles. The van der Waals surface area contributed by atoms with E-state index < -0.39 is 0 Å². The van der Waals surface area contributed by atoms with Crippen LogP contribution in [0.3, 0.4) is 0 Å². The van der Waals surface area contributed by atoms with E-state index in [0.717, 1.165) is 16.8 Å². The van der Waals surface area contributed by atoms with Crippen LogP contribution in [0.25, 0.3) is 11.1 Å². The zero-order chi connectivity index (χ0) is 17.8. The van der Waals surface area contributed by atoms with E-state index in [0.29, 0.717) is 31.0 Å². The Labute approximate surface area is 152 Å². The lowest BCUT2D eigenvalue weighted by Gasteiger charge is -2.30. The standard InChI is InChI=1S/C20H21ClN2O2/c1-14(24)23-10-8-15(9-11-23)20(25)22-19-7-3-5-17(13-19)16-4-2-6-18(21)12-16/h2-7,12-13,15H,8-11H2,1H3,(H,22,25). The molecule has 0 unspecified atom stereocenters. The first kappa shape index (κ1) is 17.5. The number of carbonyl (C=O) groups is 2. The van der Waals surface area contributed by atoms with Gasteiger partial charge < -0.3 is 10.2 Å². The van der Waals surface area contributed by atoms with Crippen LogP contribution in [-0.4, -0.2) is 29.8 Å². The molecule has 1 aliphatic rings. The molecule has 3 rings (SSSR count). The number of halogens is 1. The summed E-state index contributed by atoms with van der Waals surface area (Å²) >= 11 is 6.06. The van der Waals surface area contributed by atoms with Crippen LogP contribution in [0.4, 0.5) is 5.69 Å². The fourth-order valence-electron chi connectivity index (χ4n) is 3.15. The van der Waals surface area contributed by atoms with Crippen LogP contribution >= 0.6 is 11.6 Å². The number of hydrogen-bond donors (Lipinski definition) is 1. The molecule has 1 fully saturated rings. The molecule has 25 heavy (non-hydrogen) atoms. The van der Waals surface area contributed by atoms with Crippen LogP contribution in [0.15, 0.2) is 48.5 Å². The molecule has 2 aromatic carbocycles. The van der Waals surface area contributed by atoms with Gasteiger partial charge in [0.25, 0.3) is 0 Å². The quantitative estimate of drug-likeness (QED) is 0.895. The number of piperidine rings is 1. The Balaban J connectivity index is 1.66. The third-order valence-electron chi connectivity index (χ3n) is 4.60. The van der Waals surface area contributed by atoms with Gasteiger partial charge >= 0.3 is 0 Å². The second-order valence-electron chi connectivity index (χ2n) is 6.36. The molecule has 0 atom stereocenters. The Kier molecular flexibility index (Phi) is 5.39. The SMILES string of the molecule is CC(=O)N1CCC(C(=O)Nc2cccc(-c3cccc(Cl)c3)c2)CC1. The van der Waals surface area contributed by atoms with Gasteiger partial charge in [-0.1, -0.05) is 35.9 Å². The molecule has 1 heterocycles. The van der Waals surface area contributed by atoms with Gasteiger partial charge in [0, 0.05) is 36.6 Å². The summed E-state index contributed by atoms with van der Waals surface area (Å²) in [6.07, 6.45) is 1.42. The summed E-state index contributed by atoms with van der Waals surface area (Å²) in [5.41, 5.74) is 2.79. The average molecular weight is 357 g/mol. The van der Waals surface area contributed by atoms with E-state index >= 15 is 0 Å². The van der Waals surface area contributed by atoms with Crippen molar-refractivity contribution in [2.45, 2.75) is 19.8 Å². The van der Waals surface area contributed by atoms with Crippen molar-refractivity contribution in [3.63, 3.8) is 0 Å². The maximum atomic E-state index is 12.5. The molecule has 0 spiro atoms. The number of carbonyl (C=O) groups excluding carboxylic acids is 2. The van der Waals surface area contributed by atoms with Gasteiger partial charge in [0.15, 0.2) is 0 Å². The second kappa shape index (κ2) is 7.70. The number of likely N-dealkylation sites (tertiary alicyclic amines) is 1. The maximum absolute atomic E-state index is 12.5. The molecule has 2 aromatic rings. The van der Waals surface area contributed by atoms with Gasteiger partial charge in [0.05, 0.1) is 0 Å². The number of nitrogens with zero attached hydrogens (tertiary/aromatic N) is 1. The molecule has 0 aromatic heterocycles. The molecule has 0 aliphatic carbocycles. The van der Waals surface area contributed by atoms with Crippen LogP contribution in [0, 0.1) is 5.92 Å². The Hall–Kier alpha value is -2.33. The van der Waals surface area contributed by atoms with E-state index in [1.807, 2.05) is 48.5 Å². The van der Waals surface area contributed by atoms with Crippen molar-refractivity contribution in [2.24, 2.45) is 5.92 Å².